The molecule has 0 fully saturated rings. The van der Waals surface area contributed by atoms with Crippen molar-refractivity contribution in [1.82, 2.24) is 15.0 Å². The third-order valence-electron chi connectivity index (χ3n) is 2.84. The number of hydrogen-bond acceptors (Lipinski definition) is 2. The highest BCUT2D eigenvalue weighted by molar-refractivity contribution is 5.79. The topological polar surface area (TPSA) is 41.6 Å². The molecule has 2 aromatic heterocycles. The van der Waals surface area contributed by atoms with Gasteiger partial charge >= 0.3 is 0 Å². The van der Waals surface area contributed by atoms with Crippen LogP contribution in [-0.2, 0) is 6.42 Å². The first-order valence-corrected chi connectivity index (χ1v) is 5.77. The minimum Gasteiger partial charge on any atom is -0.338 e. The third kappa shape index (κ3) is 1.80. The number of H-pyrrole nitrogens is 1. The predicted molar refractivity (Wildman–Crippen MR) is 68.7 cm³/mol. The summed E-state index contributed by atoms with van der Waals surface area (Å²) in [7, 11) is 0. The fraction of sp³-hybridized carbons (Fsp3) is 0.143. The second-order valence-electron chi connectivity index (χ2n) is 3.99. The molecule has 0 amide bonds. The molecule has 3 heteroatoms. The van der Waals surface area contributed by atoms with Crippen LogP contribution in [0, 0.1) is 0 Å². The number of nitrogens with zero attached hydrogens (tertiary/aromatic N) is 2. The Balaban J connectivity index is 2.13. The summed E-state index contributed by atoms with van der Waals surface area (Å²) in [4.78, 5) is 12.2. The molecule has 1 aromatic carbocycles. The molecule has 0 atom stereocenters. The number of aryl methyl sites for hydroxylation is 1. The van der Waals surface area contributed by atoms with Crippen LogP contribution in [0.1, 0.15) is 12.6 Å². The molecular weight excluding hydrogens is 210 g/mol. The summed E-state index contributed by atoms with van der Waals surface area (Å²) in [5.74, 6) is 0.906. The molecule has 0 unspecified atom stereocenters. The molecule has 3 aromatic rings. The molecule has 0 aliphatic carbocycles. The maximum absolute atomic E-state index is 4.58. The van der Waals surface area contributed by atoms with Crippen molar-refractivity contribution in [3.63, 3.8) is 0 Å². The molecule has 0 aliphatic heterocycles. The van der Waals surface area contributed by atoms with E-state index in [1.807, 2.05) is 36.5 Å². The summed E-state index contributed by atoms with van der Waals surface area (Å²) < 4.78 is 0. The standard InChI is InChI=1S/C14H13N3/c1-2-11-9-10(7-8-15-11)14-16-12-5-3-4-6-13(12)17-14/h3-9H,2H2,1H3,(H,16,17). The maximum Gasteiger partial charge on any atom is 0.138 e. The van der Waals surface area contributed by atoms with E-state index < -0.39 is 0 Å². The number of aromatic amines is 1. The van der Waals surface area contributed by atoms with Gasteiger partial charge in [-0.25, -0.2) is 4.98 Å². The Labute approximate surface area is 99.5 Å². The van der Waals surface area contributed by atoms with Crippen LogP contribution in [0.2, 0.25) is 0 Å². The SMILES string of the molecule is CCc1cc(-c2nc3ccccc3[nH]2)ccn1. The number of rotatable bonds is 2. The second kappa shape index (κ2) is 4.01. The Kier molecular flexibility index (Phi) is 2.37. The van der Waals surface area contributed by atoms with Gasteiger partial charge in [-0.15, -0.1) is 0 Å². The van der Waals surface area contributed by atoms with Crippen LogP contribution < -0.4 is 0 Å². The van der Waals surface area contributed by atoms with Crippen LogP contribution in [0.3, 0.4) is 0 Å². The summed E-state index contributed by atoms with van der Waals surface area (Å²) in [6.45, 7) is 2.10. The minimum atomic E-state index is 0.906. The molecule has 0 bridgehead atoms. The van der Waals surface area contributed by atoms with Crippen LogP contribution in [0.4, 0.5) is 0 Å². The normalized spacial score (nSPS) is 10.9. The Hall–Kier alpha value is -2.16. The smallest absolute Gasteiger partial charge is 0.138 e. The molecule has 0 saturated heterocycles. The Morgan fingerprint density at radius 2 is 2.06 bits per heavy atom. The molecule has 1 N–H and O–H groups in total. The minimum absolute atomic E-state index is 0.906. The van der Waals surface area contributed by atoms with Gasteiger partial charge in [-0.05, 0) is 30.7 Å². The van der Waals surface area contributed by atoms with Gasteiger partial charge in [-0.3, -0.25) is 4.98 Å². The van der Waals surface area contributed by atoms with Gasteiger partial charge in [0.05, 0.1) is 11.0 Å². The van der Waals surface area contributed by atoms with Crippen LogP contribution in [0.15, 0.2) is 42.6 Å². The quantitative estimate of drug-likeness (QED) is 0.725. The molecule has 84 valence electrons. The monoisotopic (exact) mass is 223 g/mol. The van der Waals surface area contributed by atoms with Gasteiger partial charge in [0.15, 0.2) is 0 Å². The summed E-state index contributed by atoms with van der Waals surface area (Å²) in [5.41, 5.74) is 4.24. The molecule has 17 heavy (non-hydrogen) atoms. The van der Waals surface area contributed by atoms with Crippen molar-refractivity contribution in [2.75, 3.05) is 0 Å². The van der Waals surface area contributed by atoms with Crippen molar-refractivity contribution in [2.24, 2.45) is 0 Å². The van der Waals surface area contributed by atoms with Gasteiger partial charge in [0.25, 0.3) is 0 Å². The zero-order valence-electron chi connectivity index (χ0n) is 9.64. The average molecular weight is 223 g/mol. The highest BCUT2D eigenvalue weighted by Gasteiger charge is 2.05. The summed E-state index contributed by atoms with van der Waals surface area (Å²) in [5, 5.41) is 0. The number of pyridine rings is 1. The predicted octanol–water partition coefficient (Wildman–Crippen LogP) is 3.19. The number of fused-ring (bicyclic) bond motifs is 1. The van der Waals surface area contributed by atoms with E-state index in [0.29, 0.717) is 0 Å². The van der Waals surface area contributed by atoms with Gasteiger partial charge in [0.1, 0.15) is 5.82 Å². The largest absolute Gasteiger partial charge is 0.338 e. The van der Waals surface area contributed by atoms with E-state index in [4.69, 9.17) is 0 Å². The fourth-order valence-corrected chi connectivity index (χ4v) is 1.91. The zero-order valence-corrected chi connectivity index (χ0v) is 9.64. The number of imidazole rings is 1. The van der Waals surface area contributed by atoms with Gasteiger partial charge < -0.3 is 4.98 Å². The van der Waals surface area contributed by atoms with E-state index in [2.05, 4.69) is 27.9 Å². The Morgan fingerprint density at radius 1 is 1.18 bits per heavy atom. The lowest BCUT2D eigenvalue weighted by atomic mass is 10.2. The molecule has 0 radical (unpaired) electrons. The molecule has 3 rings (SSSR count). The molecule has 0 aliphatic rings. The summed E-state index contributed by atoms with van der Waals surface area (Å²) in [6, 6.07) is 12.1. The lowest BCUT2D eigenvalue weighted by Gasteiger charge is -1.99. The van der Waals surface area contributed by atoms with E-state index in [-0.39, 0.29) is 0 Å². The van der Waals surface area contributed by atoms with E-state index in [1.54, 1.807) is 0 Å². The number of hydrogen-bond donors (Lipinski definition) is 1. The Morgan fingerprint density at radius 3 is 2.88 bits per heavy atom. The number of nitrogens with one attached hydrogen (secondary N) is 1. The lowest BCUT2D eigenvalue weighted by molar-refractivity contribution is 1.03. The van der Waals surface area contributed by atoms with E-state index >= 15 is 0 Å². The lowest BCUT2D eigenvalue weighted by Crippen LogP contribution is -1.88. The fourth-order valence-electron chi connectivity index (χ4n) is 1.91. The first-order chi connectivity index (χ1) is 8.36. The highest BCUT2D eigenvalue weighted by atomic mass is 14.9. The van der Waals surface area contributed by atoms with Crippen molar-refractivity contribution in [3.8, 4) is 11.4 Å². The van der Waals surface area contributed by atoms with Crippen LogP contribution in [0.25, 0.3) is 22.4 Å². The van der Waals surface area contributed by atoms with Gasteiger partial charge in [-0.2, -0.15) is 0 Å². The van der Waals surface area contributed by atoms with Gasteiger partial charge in [-0.1, -0.05) is 19.1 Å². The summed E-state index contributed by atoms with van der Waals surface area (Å²) >= 11 is 0. The first-order valence-electron chi connectivity index (χ1n) is 5.77. The van der Waals surface area contributed by atoms with Crippen molar-refractivity contribution in [1.29, 1.82) is 0 Å². The van der Waals surface area contributed by atoms with Crippen molar-refractivity contribution < 1.29 is 0 Å². The van der Waals surface area contributed by atoms with Crippen molar-refractivity contribution in [2.45, 2.75) is 13.3 Å². The first kappa shape index (κ1) is 10.0. The zero-order chi connectivity index (χ0) is 11.7. The second-order valence-corrected chi connectivity index (χ2v) is 3.99. The number of para-hydroxylation sites is 2. The van der Waals surface area contributed by atoms with Gasteiger partial charge in [0.2, 0.25) is 0 Å². The number of benzene rings is 1. The van der Waals surface area contributed by atoms with E-state index in [0.717, 1.165) is 34.5 Å². The number of aromatic nitrogens is 3. The Bertz CT molecular complexity index is 622. The van der Waals surface area contributed by atoms with Crippen molar-refractivity contribution >= 4 is 11.0 Å². The van der Waals surface area contributed by atoms with Crippen LogP contribution in [-0.4, -0.2) is 15.0 Å². The molecule has 3 nitrogen and oxygen atoms in total. The molecule has 0 saturated carbocycles. The van der Waals surface area contributed by atoms with Crippen LogP contribution in [0.5, 0.6) is 0 Å². The maximum atomic E-state index is 4.58. The molecule has 0 spiro atoms. The average Bonchev–Trinajstić information content (AvgIpc) is 2.82. The van der Waals surface area contributed by atoms with Crippen LogP contribution >= 0.6 is 0 Å². The third-order valence-corrected chi connectivity index (χ3v) is 2.84. The van der Waals surface area contributed by atoms with Crippen molar-refractivity contribution in [3.05, 3.63) is 48.3 Å². The van der Waals surface area contributed by atoms with E-state index in [9.17, 15) is 0 Å². The van der Waals surface area contributed by atoms with Gasteiger partial charge in [0, 0.05) is 17.5 Å². The van der Waals surface area contributed by atoms with E-state index in [1.165, 1.54) is 0 Å². The highest BCUT2D eigenvalue weighted by Crippen LogP contribution is 2.20. The summed E-state index contributed by atoms with van der Waals surface area (Å²) in [6.07, 6.45) is 2.77. The molecule has 2 heterocycles. The molecular formula is C14H13N3.